The van der Waals surface area contributed by atoms with Gasteiger partial charge in [-0.05, 0) is 44.1 Å². The minimum atomic E-state index is -3.46. The number of fused-ring (bicyclic) bond motifs is 1. The molecule has 0 spiro atoms. The smallest absolute Gasteiger partial charge is 0.243 e. The van der Waals surface area contributed by atoms with E-state index in [9.17, 15) is 22.8 Å². The Morgan fingerprint density at radius 2 is 1.71 bits per heavy atom. The quantitative estimate of drug-likeness (QED) is 0.475. The summed E-state index contributed by atoms with van der Waals surface area (Å²) < 4.78 is 28.9. The summed E-state index contributed by atoms with van der Waals surface area (Å²) in [5.74, 6) is -0.142. The van der Waals surface area contributed by atoms with Gasteiger partial charge in [-0.25, -0.2) is 22.4 Å². The van der Waals surface area contributed by atoms with E-state index in [4.69, 9.17) is 0 Å². The first-order valence-corrected chi connectivity index (χ1v) is 15.9. The molecule has 224 valence electrons. The maximum atomic E-state index is 13.7. The van der Waals surface area contributed by atoms with Crippen LogP contribution in [-0.4, -0.2) is 76.1 Å². The van der Waals surface area contributed by atoms with Gasteiger partial charge >= 0.3 is 0 Å². The first-order valence-electron chi connectivity index (χ1n) is 14.3. The van der Waals surface area contributed by atoms with Gasteiger partial charge in [0.2, 0.25) is 27.7 Å². The van der Waals surface area contributed by atoms with Gasteiger partial charge in [0.05, 0.1) is 11.3 Å². The highest BCUT2D eigenvalue weighted by molar-refractivity contribution is 7.90. The van der Waals surface area contributed by atoms with E-state index in [1.807, 2.05) is 44.2 Å². The predicted octanol–water partition coefficient (Wildman–Crippen LogP) is 1.22. The van der Waals surface area contributed by atoms with Crippen molar-refractivity contribution in [2.45, 2.75) is 83.2 Å². The molecule has 2 heterocycles. The lowest BCUT2D eigenvalue weighted by Crippen LogP contribution is -2.50. The zero-order valence-corrected chi connectivity index (χ0v) is 24.8. The number of benzene rings is 1. The zero-order chi connectivity index (χ0) is 29.6. The fourth-order valence-electron chi connectivity index (χ4n) is 4.96. The van der Waals surface area contributed by atoms with Gasteiger partial charge in [-0.1, -0.05) is 44.2 Å². The summed E-state index contributed by atoms with van der Waals surface area (Å²) in [4.78, 5) is 44.1. The molecule has 1 aliphatic carbocycles. The molecular weight excluding hydrogens is 546 g/mol. The Kier molecular flexibility index (Phi) is 10.1. The van der Waals surface area contributed by atoms with Crippen LogP contribution in [0.4, 0.5) is 0 Å². The van der Waals surface area contributed by atoms with Crippen molar-refractivity contribution in [2.75, 3.05) is 19.6 Å². The second-order valence-corrected chi connectivity index (χ2v) is 13.4. The van der Waals surface area contributed by atoms with Crippen molar-refractivity contribution in [3.05, 3.63) is 47.5 Å². The van der Waals surface area contributed by atoms with Gasteiger partial charge in [0.15, 0.2) is 5.82 Å². The SMILES string of the molecule is Cc1nc2n(n1)CC(=O)NCCCN(S(=O)(=O)C1CC1)CCCC(=O)N[C@H](Cc1ccccc1)C(=O)N[C@H]2C(C)C. The lowest BCUT2D eigenvalue weighted by atomic mass is 10.0. The van der Waals surface area contributed by atoms with Crippen LogP contribution in [0.15, 0.2) is 30.3 Å². The Morgan fingerprint density at radius 3 is 2.39 bits per heavy atom. The molecule has 0 saturated heterocycles. The van der Waals surface area contributed by atoms with Gasteiger partial charge < -0.3 is 16.0 Å². The predicted molar refractivity (Wildman–Crippen MR) is 153 cm³/mol. The van der Waals surface area contributed by atoms with Crippen LogP contribution in [0.5, 0.6) is 0 Å². The highest BCUT2D eigenvalue weighted by Crippen LogP contribution is 2.31. The maximum absolute atomic E-state index is 13.7. The number of amides is 3. The van der Waals surface area contributed by atoms with Crippen molar-refractivity contribution in [3.63, 3.8) is 0 Å². The Bertz CT molecular complexity index is 1320. The molecule has 4 rings (SSSR count). The monoisotopic (exact) mass is 587 g/mol. The molecular formula is C28H41N7O5S. The minimum absolute atomic E-state index is 0.0765. The third kappa shape index (κ3) is 8.35. The molecule has 3 amide bonds. The number of aromatic nitrogens is 3. The molecule has 0 unspecified atom stereocenters. The van der Waals surface area contributed by atoms with Gasteiger partial charge in [0.25, 0.3) is 0 Å². The van der Waals surface area contributed by atoms with Crippen LogP contribution in [-0.2, 0) is 37.4 Å². The summed E-state index contributed by atoms with van der Waals surface area (Å²) in [5, 5.41) is 12.8. The molecule has 1 aromatic heterocycles. The molecule has 3 N–H and O–H groups in total. The average Bonchev–Trinajstić information content (AvgIpc) is 3.72. The van der Waals surface area contributed by atoms with E-state index in [-0.39, 0.29) is 61.4 Å². The maximum Gasteiger partial charge on any atom is 0.243 e. The van der Waals surface area contributed by atoms with E-state index in [1.54, 1.807) is 6.92 Å². The number of carbonyl (C=O) groups excluding carboxylic acids is 3. The summed E-state index contributed by atoms with van der Waals surface area (Å²) in [5.41, 5.74) is 0.883. The average molecular weight is 588 g/mol. The van der Waals surface area contributed by atoms with Crippen molar-refractivity contribution < 1.29 is 22.8 Å². The molecule has 2 atom stereocenters. The van der Waals surface area contributed by atoms with Crippen LogP contribution >= 0.6 is 0 Å². The zero-order valence-electron chi connectivity index (χ0n) is 24.0. The fraction of sp³-hybridized carbons (Fsp3) is 0.607. The molecule has 2 aliphatic rings. The van der Waals surface area contributed by atoms with Crippen LogP contribution < -0.4 is 16.0 Å². The lowest BCUT2D eigenvalue weighted by Gasteiger charge is -2.26. The van der Waals surface area contributed by atoms with Crippen molar-refractivity contribution in [1.82, 2.24) is 35.0 Å². The van der Waals surface area contributed by atoms with Crippen LogP contribution in [0.2, 0.25) is 0 Å². The molecule has 1 aromatic carbocycles. The molecule has 0 bridgehead atoms. The number of nitrogens with zero attached hydrogens (tertiary/aromatic N) is 4. The number of nitrogens with one attached hydrogen (secondary N) is 3. The number of carbonyl (C=O) groups is 3. The van der Waals surface area contributed by atoms with Crippen LogP contribution in [0, 0.1) is 12.8 Å². The van der Waals surface area contributed by atoms with Crippen molar-refractivity contribution in [1.29, 1.82) is 0 Å². The number of sulfonamides is 1. The molecule has 1 aliphatic heterocycles. The van der Waals surface area contributed by atoms with E-state index < -0.39 is 22.1 Å². The Labute approximate surface area is 241 Å². The molecule has 1 saturated carbocycles. The van der Waals surface area contributed by atoms with Crippen LogP contribution in [0.3, 0.4) is 0 Å². The topological polar surface area (TPSA) is 155 Å². The number of hydrogen-bond acceptors (Lipinski definition) is 7. The summed E-state index contributed by atoms with van der Waals surface area (Å²) in [6.07, 6.45) is 2.40. The number of rotatable bonds is 5. The number of hydrogen-bond donors (Lipinski definition) is 3. The second kappa shape index (κ2) is 13.6. The second-order valence-electron chi connectivity index (χ2n) is 11.2. The summed E-state index contributed by atoms with van der Waals surface area (Å²) >= 11 is 0. The van der Waals surface area contributed by atoms with Crippen molar-refractivity contribution in [3.8, 4) is 0 Å². The largest absolute Gasteiger partial charge is 0.354 e. The standard InChI is InChI=1S/C28H41N7O5S/c1-19(2)26-27-30-20(3)33-35(27)18-25(37)29-14-8-16-34(41(39,40)22-12-13-22)15-7-11-24(36)31-23(28(38)32-26)17-21-9-5-4-6-10-21/h4-6,9-10,19,22-23,26H,7-8,11-18H2,1-3H3,(H,29,37)(H,31,36)(H,32,38)/t23-,26+/m1/s1. The third-order valence-electron chi connectivity index (χ3n) is 7.30. The Hall–Kier alpha value is -3.32. The van der Waals surface area contributed by atoms with Crippen molar-refractivity contribution in [2.24, 2.45) is 5.92 Å². The van der Waals surface area contributed by atoms with E-state index in [2.05, 4.69) is 26.0 Å². The fourth-order valence-corrected chi connectivity index (χ4v) is 6.88. The highest BCUT2D eigenvalue weighted by atomic mass is 32.2. The van der Waals surface area contributed by atoms with E-state index in [1.165, 1.54) is 8.99 Å². The first kappa shape index (κ1) is 30.6. The lowest BCUT2D eigenvalue weighted by molar-refractivity contribution is -0.129. The highest BCUT2D eigenvalue weighted by Gasteiger charge is 2.39. The summed E-state index contributed by atoms with van der Waals surface area (Å²) in [6.45, 7) is 6.26. The molecule has 13 heteroatoms. The Morgan fingerprint density at radius 1 is 1.00 bits per heavy atom. The normalized spacial score (nSPS) is 22.7. The van der Waals surface area contributed by atoms with Crippen LogP contribution in [0.25, 0.3) is 0 Å². The molecule has 41 heavy (non-hydrogen) atoms. The van der Waals surface area contributed by atoms with Gasteiger partial charge in [0, 0.05) is 32.5 Å². The summed E-state index contributed by atoms with van der Waals surface area (Å²) in [7, 11) is -3.46. The van der Waals surface area contributed by atoms with E-state index in [0.29, 0.717) is 43.9 Å². The minimum Gasteiger partial charge on any atom is -0.354 e. The molecule has 12 nitrogen and oxygen atoms in total. The van der Waals surface area contributed by atoms with E-state index >= 15 is 0 Å². The molecule has 1 fully saturated rings. The molecule has 2 aromatic rings. The van der Waals surface area contributed by atoms with Gasteiger partial charge in [-0.2, -0.15) is 5.10 Å². The third-order valence-corrected chi connectivity index (χ3v) is 9.70. The van der Waals surface area contributed by atoms with Gasteiger partial charge in [-0.3, -0.25) is 14.4 Å². The van der Waals surface area contributed by atoms with E-state index in [0.717, 1.165) is 5.56 Å². The number of aryl methyl sites for hydroxylation is 1. The van der Waals surface area contributed by atoms with Crippen LogP contribution in [0.1, 0.15) is 69.2 Å². The summed E-state index contributed by atoms with van der Waals surface area (Å²) in [6, 6.07) is 8.00. The Balaban J connectivity index is 1.61. The molecule has 0 radical (unpaired) electrons. The first-order chi connectivity index (χ1) is 19.5. The van der Waals surface area contributed by atoms with Gasteiger partial charge in [-0.15, -0.1) is 0 Å². The van der Waals surface area contributed by atoms with Crippen molar-refractivity contribution >= 4 is 27.7 Å². The van der Waals surface area contributed by atoms with Gasteiger partial charge in [0.1, 0.15) is 18.4 Å².